The lowest BCUT2D eigenvalue weighted by atomic mass is 10.1. The topological polar surface area (TPSA) is 133 Å². The number of carboxylic acid groups (broad SMARTS) is 1. The van der Waals surface area contributed by atoms with Gasteiger partial charge in [0.15, 0.2) is 0 Å². The van der Waals surface area contributed by atoms with Crippen molar-refractivity contribution in [1.29, 1.82) is 0 Å². The first kappa shape index (κ1) is 24.2. The molecule has 10 heteroatoms. The lowest BCUT2D eigenvalue weighted by molar-refractivity contribution is -0.138. The first-order valence-electron chi connectivity index (χ1n) is 9.80. The number of phenols is 1. The minimum atomic E-state index is -4.11. The van der Waals surface area contributed by atoms with Crippen LogP contribution in [0.25, 0.3) is 0 Å². The first-order valence-corrected chi connectivity index (χ1v) is 11.7. The zero-order chi connectivity index (χ0) is 24.0. The highest BCUT2D eigenvalue weighted by Crippen LogP contribution is 2.15. The highest BCUT2D eigenvalue weighted by molar-refractivity contribution is 7.89. The third-order valence-electron chi connectivity index (χ3n) is 4.76. The third-order valence-corrected chi connectivity index (χ3v) is 6.50. The molecule has 0 heterocycles. The normalized spacial score (nSPS) is 12.2. The van der Waals surface area contributed by atoms with Gasteiger partial charge in [-0.15, -0.1) is 0 Å². The number of carbonyl (C=O) groups excluding carboxylic acids is 1. The summed E-state index contributed by atoms with van der Waals surface area (Å²) in [6.45, 7) is 0.174. The average molecular weight is 489 g/mol. The van der Waals surface area contributed by atoms with Crippen LogP contribution in [0.1, 0.15) is 21.5 Å². The Kier molecular flexibility index (Phi) is 7.70. The van der Waals surface area contributed by atoms with E-state index in [9.17, 15) is 28.2 Å². The van der Waals surface area contributed by atoms with E-state index in [0.717, 1.165) is 0 Å². The number of hydrogen-bond donors (Lipinski definition) is 4. The summed E-state index contributed by atoms with van der Waals surface area (Å²) in [5, 5.41) is 22.0. The Morgan fingerprint density at radius 3 is 2.03 bits per heavy atom. The fourth-order valence-corrected chi connectivity index (χ4v) is 4.29. The van der Waals surface area contributed by atoms with Crippen LogP contribution in [0.15, 0.2) is 77.7 Å². The van der Waals surface area contributed by atoms with Crippen molar-refractivity contribution in [2.45, 2.75) is 23.9 Å². The molecule has 0 spiro atoms. The summed E-state index contributed by atoms with van der Waals surface area (Å²) >= 11 is 5.81. The molecule has 0 fully saturated rings. The van der Waals surface area contributed by atoms with Crippen molar-refractivity contribution >= 4 is 33.5 Å². The zero-order valence-corrected chi connectivity index (χ0v) is 18.8. The fraction of sp³-hybridized carbons (Fsp3) is 0.130. The Morgan fingerprint density at radius 2 is 1.45 bits per heavy atom. The highest BCUT2D eigenvalue weighted by atomic mass is 35.5. The number of sulfonamides is 1. The van der Waals surface area contributed by atoms with Gasteiger partial charge in [-0.3, -0.25) is 9.59 Å². The molecule has 1 atom stereocenters. The molecule has 3 rings (SSSR count). The van der Waals surface area contributed by atoms with E-state index in [2.05, 4.69) is 10.0 Å². The van der Waals surface area contributed by atoms with Gasteiger partial charge in [-0.25, -0.2) is 8.42 Å². The van der Waals surface area contributed by atoms with Crippen LogP contribution in [0.2, 0.25) is 5.02 Å². The summed E-state index contributed by atoms with van der Waals surface area (Å²) in [5.74, 6) is -1.60. The minimum absolute atomic E-state index is 0.0238. The Bertz CT molecular complexity index is 1230. The molecule has 3 aromatic rings. The molecule has 0 aliphatic carbocycles. The van der Waals surface area contributed by atoms with Gasteiger partial charge < -0.3 is 15.5 Å². The predicted molar refractivity (Wildman–Crippen MR) is 123 cm³/mol. The standard InChI is InChI=1S/C23H21ClN2O6S/c24-18-7-5-17(6-8-18)22(28)25-14-16-3-11-20(12-4-16)33(31,32)26-21(23(29)30)13-15-1-9-19(27)10-2-15/h1-12,21,26-27H,13-14H2,(H,25,28)(H,29,30)/t21-/m0/s1. The first-order chi connectivity index (χ1) is 15.6. The Balaban J connectivity index is 1.64. The van der Waals surface area contributed by atoms with Crippen LogP contribution >= 0.6 is 11.6 Å². The van der Waals surface area contributed by atoms with Gasteiger partial charge in [-0.2, -0.15) is 4.72 Å². The van der Waals surface area contributed by atoms with Gasteiger partial charge in [0.1, 0.15) is 11.8 Å². The van der Waals surface area contributed by atoms with Gasteiger partial charge in [0, 0.05) is 17.1 Å². The number of amides is 1. The van der Waals surface area contributed by atoms with Crippen LogP contribution in [0.5, 0.6) is 5.75 Å². The molecule has 4 N–H and O–H groups in total. The van der Waals surface area contributed by atoms with Gasteiger partial charge in [-0.05, 0) is 66.1 Å². The Labute approximate surface area is 195 Å². The van der Waals surface area contributed by atoms with E-state index in [-0.39, 0.29) is 29.5 Å². The number of phenolic OH excluding ortho intramolecular Hbond substituents is 1. The van der Waals surface area contributed by atoms with Gasteiger partial charge >= 0.3 is 5.97 Å². The number of carboxylic acids is 1. The van der Waals surface area contributed by atoms with Crippen molar-refractivity contribution in [3.05, 3.63) is 94.5 Å². The number of benzene rings is 3. The van der Waals surface area contributed by atoms with E-state index < -0.39 is 22.0 Å². The summed E-state index contributed by atoms with van der Waals surface area (Å²) < 4.78 is 27.6. The number of aromatic hydroxyl groups is 1. The van der Waals surface area contributed by atoms with Crippen LogP contribution < -0.4 is 10.0 Å². The fourth-order valence-electron chi connectivity index (χ4n) is 2.97. The van der Waals surface area contributed by atoms with E-state index >= 15 is 0 Å². The highest BCUT2D eigenvalue weighted by Gasteiger charge is 2.25. The molecule has 0 saturated carbocycles. The molecule has 0 aliphatic heterocycles. The number of aliphatic carboxylic acids is 1. The van der Waals surface area contributed by atoms with Gasteiger partial charge in [0.05, 0.1) is 4.90 Å². The van der Waals surface area contributed by atoms with E-state index in [0.29, 0.717) is 21.7 Å². The van der Waals surface area contributed by atoms with Crippen molar-refractivity contribution < 1.29 is 28.2 Å². The maximum Gasteiger partial charge on any atom is 0.322 e. The SMILES string of the molecule is O=C(NCc1ccc(S(=O)(=O)N[C@@H](Cc2ccc(O)cc2)C(=O)O)cc1)c1ccc(Cl)cc1. The molecule has 0 aliphatic rings. The van der Waals surface area contributed by atoms with Crippen LogP contribution in [0.4, 0.5) is 0 Å². The summed E-state index contributed by atoms with van der Waals surface area (Å²) in [5.41, 5.74) is 1.65. The average Bonchev–Trinajstić information content (AvgIpc) is 2.79. The molecule has 0 unspecified atom stereocenters. The van der Waals surface area contributed by atoms with Gasteiger partial charge in [0.2, 0.25) is 10.0 Å². The molecule has 3 aromatic carbocycles. The van der Waals surface area contributed by atoms with Crippen molar-refractivity contribution in [2.24, 2.45) is 0 Å². The second-order valence-electron chi connectivity index (χ2n) is 7.22. The zero-order valence-electron chi connectivity index (χ0n) is 17.2. The van der Waals surface area contributed by atoms with Crippen molar-refractivity contribution in [2.75, 3.05) is 0 Å². The quantitative estimate of drug-likeness (QED) is 0.366. The largest absolute Gasteiger partial charge is 0.508 e. The summed E-state index contributed by atoms with van der Waals surface area (Å²) in [6.07, 6.45) is -0.0936. The lowest BCUT2D eigenvalue weighted by Crippen LogP contribution is -2.42. The molecule has 172 valence electrons. The minimum Gasteiger partial charge on any atom is -0.508 e. The van der Waals surface area contributed by atoms with Crippen LogP contribution in [0, 0.1) is 0 Å². The molecule has 33 heavy (non-hydrogen) atoms. The lowest BCUT2D eigenvalue weighted by Gasteiger charge is -2.15. The summed E-state index contributed by atoms with van der Waals surface area (Å²) in [7, 11) is -4.11. The molecule has 0 radical (unpaired) electrons. The van der Waals surface area contributed by atoms with E-state index in [4.69, 9.17) is 11.6 Å². The molecule has 0 saturated heterocycles. The number of hydrogen-bond acceptors (Lipinski definition) is 5. The molecular weight excluding hydrogens is 468 g/mol. The Hall–Kier alpha value is -3.40. The smallest absolute Gasteiger partial charge is 0.322 e. The molecular formula is C23H21ClN2O6S. The summed E-state index contributed by atoms with van der Waals surface area (Å²) in [6, 6.07) is 16.6. The van der Waals surface area contributed by atoms with E-state index in [1.165, 1.54) is 48.5 Å². The predicted octanol–water partition coefficient (Wildman–Crippen LogP) is 2.95. The van der Waals surface area contributed by atoms with Crippen molar-refractivity contribution in [1.82, 2.24) is 10.0 Å². The van der Waals surface area contributed by atoms with Gasteiger partial charge in [-0.1, -0.05) is 35.9 Å². The molecule has 1 amide bonds. The van der Waals surface area contributed by atoms with Crippen molar-refractivity contribution in [3.63, 3.8) is 0 Å². The van der Waals surface area contributed by atoms with Crippen LogP contribution in [-0.2, 0) is 27.8 Å². The van der Waals surface area contributed by atoms with Gasteiger partial charge in [0.25, 0.3) is 5.91 Å². The third kappa shape index (κ3) is 6.79. The number of halogens is 1. The van der Waals surface area contributed by atoms with Crippen molar-refractivity contribution in [3.8, 4) is 5.75 Å². The van der Waals surface area contributed by atoms with E-state index in [1.807, 2.05) is 0 Å². The number of carbonyl (C=O) groups is 2. The Morgan fingerprint density at radius 1 is 0.879 bits per heavy atom. The number of rotatable bonds is 9. The molecule has 0 bridgehead atoms. The maximum atomic E-state index is 12.7. The number of nitrogens with one attached hydrogen (secondary N) is 2. The second kappa shape index (κ2) is 10.5. The summed E-state index contributed by atoms with van der Waals surface area (Å²) in [4.78, 5) is 23.7. The maximum absolute atomic E-state index is 12.7. The monoisotopic (exact) mass is 488 g/mol. The van der Waals surface area contributed by atoms with E-state index in [1.54, 1.807) is 24.3 Å². The molecule has 0 aromatic heterocycles. The second-order valence-corrected chi connectivity index (χ2v) is 9.37. The molecule has 8 nitrogen and oxygen atoms in total. The van der Waals surface area contributed by atoms with Crippen LogP contribution in [0.3, 0.4) is 0 Å². The van der Waals surface area contributed by atoms with Crippen LogP contribution in [-0.4, -0.2) is 36.5 Å².